The first-order valence-electron chi connectivity index (χ1n) is 6.48. The predicted octanol–water partition coefficient (Wildman–Crippen LogP) is -0.177. The minimum atomic E-state index is 0.0715. The second-order valence-corrected chi connectivity index (χ2v) is 4.68. The molecule has 1 rings (SSSR count). The predicted molar refractivity (Wildman–Crippen MR) is 68.0 cm³/mol. The minimum Gasteiger partial charge on any atom is -0.380 e. The number of carbonyl (C=O) groups excluding carboxylic acids is 1. The van der Waals surface area contributed by atoms with Crippen LogP contribution in [0.4, 0.5) is 0 Å². The summed E-state index contributed by atoms with van der Waals surface area (Å²) in [4.78, 5) is 13.7. The van der Waals surface area contributed by atoms with E-state index >= 15 is 0 Å². The molecule has 0 unspecified atom stereocenters. The number of nitrogens with one attached hydrogen (secondary N) is 2. The fraction of sp³-hybridized carbons (Fsp3) is 0.917. The van der Waals surface area contributed by atoms with Crippen molar-refractivity contribution in [1.29, 1.82) is 0 Å². The molecule has 17 heavy (non-hydrogen) atoms. The van der Waals surface area contributed by atoms with E-state index in [0.29, 0.717) is 13.0 Å². The highest BCUT2D eigenvalue weighted by atomic mass is 16.5. The van der Waals surface area contributed by atoms with Crippen molar-refractivity contribution >= 4 is 5.91 Å². The summed E-state index contributed by atoms with van der Waals surface area (Å²) >= 11 is 0. The zero-order valence-corrected chi connectivity index (χ0v) is 11.0. The summed E-state index contributed by atoms with van der Waals surface area (Å²) in [7, 11) is 0. The smallest absolute Gasteiger partial charge is 0.222 e. The minimum absolute atomic E-state index is 0.0715. The lowest BCUT2D eigenvalue weighted by Gasteiger charge is -2.26. The zero-order chi connectivity index (χ0) is 12.5. The summed E-state index contributed by atoms with van der Waals surface area (Å²) in [5.41, 5.74) is 0. The highest BCUT2D eigenvalue weighted by Gasteiger charge is 2.08. The first kappa shape index (κ1) is 14.4. The van der Waals surface area contributed by atoms with Crippen molar-refractivity contribution in [2.45, 2.75) is 26.3 Å². The first-order chi connectivity index (χ1) is 8.18. The molecule has 100 valence electrons. The molecule has 1 amide bonds. The summed E-state index contributed by atoms with van der Waals surface area (Å²) in [6.07, 6.45) is 0.458. The molecule has 1 fully saturated rings. The third-order valence-corrected chi connectivity index (χ3v) is 2.68. The van der Waals surface area contributed by atoms with Crippen molar-refractivity contribution in [2.75, 3.05) is 45.9 Å². The average molecular weight is 243 g/mol. The van der Waals surface area contributed by atoms with Gasteiger partial charge in [0.25, 0.3) is 0 Å². The van der Waals surface area contributed by atoms with Crippen molar-refractivity contribution in [2.24, 2.45) is 0 Å². The molecule has 1 aliphatic rings. The number of amides is 1. The molecule has 0 saturated carbocycles. The molecule has 0 aromatic heterocycles. The molecular formula is C12H25N3O2. The number of rotatable bonds is 7. The average Bonchev–Trinajstić information content (AvgIpc) is 2.29. The maximum atomic E-state index is 11.3. The molecule has 5 heteroatoms. The molecule has 1 saturated heterocycles. The lowest BCUT2D eigenvalue weighted by molar-refractivity contribution is -0.122. The van der Waals surface area contributed by atoms with Crippen LogP contribution in [0.1, 0.15) is 20.3 Å². The second-order valence-electron chi connectivity index (χ2n) is 4.68. The Hall–Kier alpha value is -0.650. The molecule has 0 atom stereocenters. The van der Waals surface area contributed by atoms with Crippen LogP contribution in [0.25, 0.3) is 0 Å². The van der Waals surface area contributed by atoms with Gasteiger partial charge in [-0.1, -0.05) is 0 Å². The Bertz CT molecular complexity index is 216. The van der Waals surface area contributed by atoms with E-state index in [1.807, 2.05) is 13.8 Å². The Kier molecular flexibility index (Phi) is 7.16. The summed E-state index contributed by atoms with van der Waals surface area (Å²) in [6, 6.07) is 0.211. The number of hydrogen-bond donors (Lipinski definition) is 2. The Balaban J connectivity index is 1.91. The van der Waals surface area contributed by atoms with Crippen molar-refractivity contribution in [1.82, 2.24) is 15.5 Å². The van der Waals surface area contributed by atoms with Gasteiger partial charge in [0, 0.05) is 45.2 Å². The van der Waals surface area contributed by atoms with Gasteiger partial charge in [-0.15, -0.1) is 0 Å². The van der Waals surface area contributed by atoms with Crippen LogP contribution in [0.5, 0.6) is 0 Å². The van der Waals surface area contributed by atoms with E-state index in [-0.39, 0.29) is 11.9 Å². The third kappa shape index (κ3) is 7.31. The van der Waals surface area contributed by atoms with Gasteiger partial charge in [0.1, 0.15) is 0 Å². The lowest BCUT2D eigenvalue weighted by atomic mass is 10.3. The van der Waals surface area contributed by atoms with Gasteiger partial charge in [0.15, 0.2) is 0 Å². The van der Waals surface area contributed by atoms with Crippen LogP contribution in [0, 0.1) is 0 Å². The molecule has 1 heterocycles. The molecule has 0 aromatic rings. The molecule has 5 nitrogen and oxygen atoms in total. The normalized spacial score (nSPS) is 17.4. The molecule has 1 aliphatic heterocycles. The van der Waals surface area contributed by atoms with Gasteiger partial charge in [-0.25, -0.2) is 0 Å². The fourth-order valence-electron chi connectivity index (χ4n) is 1.79. The zero-order valence-electron chi connectivity index (χ0n) is 11.0. The van der Waals surface area contributed by atoms with Gasteiger partial charge in [0.05, 0.1) is 13.2 Å². The van der Waals surface area contributed by atoms with Crippen LogP contribution in [-0.2, 0) is 9.53 Å². The fourth-order valence-corrected chi connectivity index (χ4v) is 1.79. The Morgan fingerprint density at radius 1 is 1.35 bits per heavy atom. The SMILES string of the molecule is CC(C)NC(=O)CCOCCN1CCNCC1. The molecule has 0 bridgehead atoms. The van der Waals surface area contributed by atoms with Crippen LogP contribution in [0.3, 0.4) is 0 Å². The number of piperazine rings is 1. The van der Waals surface area contributed by atoms with Gasteiger partial charge in [0.2, 0.25) is 5.91 Å². The van der Waals surface area contributed by atoms with Gasteiger partial charge >= 0.3 is 0 Å². The molecule has 0 aliphatic carbocycles. The summed E-state index contributed by atoms with van der Waals surface area (Å²) in [6.45, 7) is 10.4. The van der Waals surface area contributed by atoms with Crippen molar-refractivity contribution in [3.63, 3.8) is 0 Å². The quantitative estimate of drug-likeness (QED) is 0.609. The molecule has 0 radical (unpaired) electrons. The highest BCUT2D eigenvalue weighted by Crippen LogP contribution is 1.92. The van der Waals surface area contributed by atoms with Crippen LogP contribution in [-0.4, -0.2) is 62.8 Å². The summed E-state index contributed by atoms with van der Waals surface area (Å²) in [5.74, 6) is 0.0715. The van der Waals surface area contributed by atoms with Crippen LogP contribution in [0.15, 0.2) is 0 Å². The Morgan fingerprint density at radius 2 is 2.06 bits per heavy atom. The van der Waals surface area contributed by atoms with E-state index < -0.39 is 0 Å². The van der Waals surface area contributed by atoms with Crippen LogP contribution in [0.2, 0.25) is 0 Å². The van der Waals surface area contributed by atoms with E-state index in [1.54, 1.807) is 0 Å². The molecule has 0 aromatic carbocycles. The Labute approximate surface area is 104 Å². The standard InChI is InChI=1S/C12H25N3O2/c1-11(2)14-12(16)3-9-17-10-8-15-6-4-13-5-7-15/h11,13H,3-10H2,1-2H3,(H,14,16). The topological polar surface area (TPSA) is 53.6 Å². The van der Waals surface area contributed by atoms with Crippen molar-refractivity contribution < 1.29 is 9.53 Å². The second kappa shape index (κ2) is 8.44. The maximum Gasteiger partial charge on any atom is 0.222 e. The van der Waals surface area contributed by atoms with Crippen LogP contribution < -0.4 is 10.6 Å². The Morgan fingerprint density at radius 3 is 2.71 bits per heavy atom. The number of ether oxygens (including phenoxy) is 1. The van der Waals surface area contributed by atoms with Gasteiger partial charge in [-0.3, -0.25) is 9.69 Å². The van der Waals surface area contributed by atoms with E-state index in [1.165, 1.54) is 0 Å². The van der Waals surface area contributed by atoms with E-state index in [0.717, 1.165) is 39.3 Å². The van der Waals surface area contributed by atoms with Gasteiger partial charge < -0.3 is 15.4 Å². The van der Waals surface area contributed by atoms with Crippen LogP contribution >= 0.6 is 0 Å². The highest BCUT2D eigenvalue weighted by molar-refractivity contribution is 5.76. The van der Waals surface area contributed by atoms with E-state index in [9.17, 15) is 4.79 Å². The third-order valence-electron chi connectivity index (χ3n) is 2.68. The van der Waals surface area contributed by atoms with Gasteiger partial charge in [-0.2, -0.15) is 0 Å². The first-order valence-corrected chi connectivity index (χ1v) is 6.48. The summed E-state index contributed by atoms with van der Waals surface area (Å²) < 4.78 is 5.47. The van der Waals surface area contributed by atoms with Gasteiger partial charge in [-0.05, 0) is 13.8 Å². The van der Waals surface area contributed by atoms with E-state index in [4.69, 9.17) is 4.74 Å². The number of hydrogen-bond acceptors (Lipinski definition) is 4. The largest absolute Gasteiger partial charge is 0.380 e. The molecular weight excluding hydrogens is 218 g/mol. The monoisotopic (exact) mass is 243 g/mol. The lowest BCUT2D eigenvalue weighted by Crippen LogP contribution is -2.44. The molecule has 2 N–H and O–H groups in total. The maximum absolute atomic E-state index is 11.3. The van der Waals surface area contributed by atoms with Crippen molar-refractivity contribution in [3.05, 3.63) is 0 Å². The van der Waals surface area contributed by atoms with E-state index in [2.05, 4.69) is 15.5 Å². The number of nitrogens with zero attached hydrogens (tertiary/aromatic N) is 1. The summed E-state index contributed by atoms with van der Waals surface area (Å²) in [5, 5.41) is 6.16. The number of carbonyl (C=O) groups is 1. The van der Waals surface area contributed by atoms with Crippen molar-refractivity contribution in [3.8, 4) is 0 Å². The molecule has 0 spiro atoms.